The fourth-order valence-electron chi connectivity index (χ4n) is 1.82. The van der Waals surface area contributed by atoms with Crippen LogP contribution >= 0.6 is 0 Å². The van der Waals surface area contributed by atoms with Crippen molar-refractivity contribution in [2.75, 3.05) is 7.11 Å². The number of carboxylic acid groups (broad SMARTS) is 1. The van der Waals surface area contributed by atoms with Crippen molar-refractivity contribution in [1.29, 1.82) is 0 Å². The van der Waals surface area contributed by atoms with Gasteiger partial charge in [-0.15, -0.1) is 0 Å². The van der Waals surface area contributed by atoms with Gasteiger partial charge in [0, 0.05) is 0 Å². The highest BCUT2D eigenvalue weighted by Gasteiger charge is 2.49. The zero-order valence-electron chi connectivity index (χ0n) is 9.00. The Morgan fingerprint density at radius 3 is 2.75 bits per heavy atom. The van der Waals surface area contributed by atoms with Gasteiger partial charge in [0.25, 0.3) is 0 Å². The maximum Gasteiger partial charge on any atom is 0.309 e. The number of halogens is 1. The Labute approximate surface area is 92.9 Å². The number of methoxy groups -OCH3 is 1. The summed E-state index contributed by atoms with van der Waals surface area (Å²) in [6.07, 6.45) is 1.84. The van der Waals surface area contributed by atoms with Gasteiger partial charge in [-0.25, -0.2) is 4.39 Å². The summed E-state index contributed by atoms with van der Waals surface area (Å²) in [7, 11) is 1.40. The van der Waals surface area contributed by atoms with Crippen LogP contribution in [0.25, 0.3) is 0 Å². The molecule has 2 rings (SSSR count). The van der Waals surface area contributed by atoms with Crippen LogP contribution in [-0.4, -0.2) is 18.2 Å². The molecule has 0 heterocycles. The summed E-state index contributed by atoms with van der Waals surface area (Å²) in [4.78, 5) is 11.0. The van der Waals surface area contributed by atoms with Gasteiger partial charge in [0.2, 0.25) is 0 Å². The summed E-state index contributed by atoms with van der Waals surface area (Å²) < 4.78 is 18.0. The van der Waals surface area contributed by atoms with Crippen LogP contribution in [0.3, 0.4) is 0 Å². The van der Waals surface area contributed by atoms with Gasteiger partial charge in [0.05, 0.1) is 12.5 Å². The topological polar surface area (TPSA) is 46.5 Å². The molecule has 1 aliphatic rings. The minimum atomic E-state index is -0.768. The van der Waals surface area contributed by atoms with Crippen LogP contribution in [0.2, 0.25) is 0 Å². The SMILES string of the molecule is COc1cc(CC2(C(=O)O)CC2)ccc1F. The Kier molecular flexibility index (Phi) is 2.58. The maximum atomic E-state index is 13.1. The van der Waals surface area contributed by atoms with E-state index in [9.17, 15) is 9.18 Å². The van der Waals surface area contributed by atoms with E-state index in [1.165, 1.54) is 13.2 Å². The molecule has 0 saturated heterocycles. The summed E-state index contributed by atoms with van der Waals surface area (Å²) in [6.45, 7) is 0. The highest BCUT2D eigenvalue weighted by molar-refractivity contribution is 5.78. The quantitative estimate of drug-likeness (QED) is 0.853. The molecule has 0 spiro atoms. The smallest absolute Gasteiger partial charge is 0.309 e. The summed E-state index contributed by atoms with van der Waals surface area (Å²) in [5.41, 5.74) is 0.182. The van der Waals surface area contributed by atoms with Crippen molar-refractivity contribution >= 4 is 5.97 Å². The van der Waals surface area contributed by atoms with Gasteiger partial charge in [-0.05, 0) is 37.0 Å². The fraction of sp³-hybridized carbons (Fsp3) is 0.417. The minimum Gasteiger partial charge on any atom is -0.494 e. The van der Waals surface area contributed by atoms with E-state index in [-0.39, 0.29) is 5.75 Å². The van der Waals surface area contributed by atoms with Gasteiger partial charge in [-0.1, -0.05) is 6.07 Å². The zero-order chi connectivity index (χ0) is 11.8. The molecule has 0 bridgehead atoms. The second-order valence-electron chi connectivity index (χ2n) is 4.23. The molecule has 1 saturated carbocycles. The molecule has 0 aliphatic heterocycles. The molecular formula is C12H13FO3. The molecular weight excluding hydrogens is 211 g/mol. The van der Waals surface area contributed by atoms with Crippen LogP contribution in [0.5, 0.6) is 5.75 Å². The van der Waals surface area contributed by atoms with Crippen LogP contribution in [-0.2, 0) is 11.2 Å². The average Bonchev–Trinajstić information content (AvgIpc) is 3.02. The van der Waals surface area contributed by atoms with Crippen LogP contribution in [0.15, 0.2) is 18.2 Å². The maximum absolute atomic E-state index is 13.1. The zero-order valence-corrected chi connectivity index (χ0v) is 9.00. The molecule has 4 heteroatoms. The number of benzene rings is 1. The van der Waals surface area contributed by atoms with E-state index < -0.39 is 17.2 Å². The van der Waals surface area contributed by atoms with Crippen molar-refractivity contribution in [3.63, 3.8) is 0 Å². The van der Waals surface area contributed by atoms with Crippen LogP contribution in [0.1, 0.15) is 18.4 Å². The Morgan fingerprint density at radius 1 is 1.56 bits per heavy atom. The summed E-state index contributed by atoms with van der Waals surface area (Å²) in [6, 6.07) is 4.49. The highest BCUT2D eigenvalue weighted by Crippen LogP contribution is 2.48. The minimum absolute atomic E-state index is 0.165. The van der Waals surface area contributed by atoms with Crippen molar-refractivity contribution in [1.82, 2.24) is 0 Å². The Balaban J connectivity index is 2.19. The van der Waals surface area contributed by atoms with Gasteiger partial charge in [-0.2, -0.15) is 0 Å². The lowest BCUT2D eigenvalue weighted by molar-refractivity contribution is -0.143. The van der Waals surface area contributed by atoms with E-state index in [4.69, 9.17) is 9.84 Å². The van der Waals surface area contributed by atoms with Crippen molar-refractivity contribution in [2.24, 2.45) is 5.41 Å². The number of rotatable bonds is 4. The second kappa shape index (κ2) is 3.77. The van der Waals surface area contributed by atoms with E-state index in [0.717, 1.165) is 5.56 Å². The first-order valence-corrected chi connectivity index (χ1v) is 5.13. The molecule has 0 radical (unpaired) electrons. The molecule has 3 nitrogen and oxygen atoms in total. The molecule has 0 atom stereocenters. The summed E-state index contributed by atoms with van der Waals surface area (Å²) >= 11 is 0. The van der Waals surface area contributed by atoms with E-state index in [0.29, 0.717) is 19.3 Å². The lowest BCUT2D eigenvalue weighted by Gasteiger charge is -2.10. The molecule has 86 valence electrons. The highest BCUT2D eigenvalue weighted by atomic mass is 19.1. The predicted molar refractivity (Wildman–Crippen MR) is 56.0 cm³/mol. The van der Waals surface area contributed by atoms with Crippen molar-refractivity contribution in [2.45, 2.75) is 19.3 Å². The van der Waals surface area contributed by atoms with Crippen molar-refractivity contribution < 1.29 is 19.0 Å². The van der Waals surface area contributed by atoms with Crippen molar-refractivity contribution in [3.8, 4) is 5.75 Å². The number of hydrogen-bond acceptors (Lipinski definition) is 2. The van der Waals surface area contributed by atoms with Gasteiger partial charge >= 0.3 is 5.97 Å². The first-order chi connectivity index (χ1) is 7.57. The Morgan fingerprint density at radius 2 is 2.25 bits per heavy atom. The van der Waals surface area contributed by atoms with E-state index in [1.807, 2.05) is 0 Å². The third-order valence-corrected chi connectivity index (χ3v) is 3.07. The number of aliphatic carboxylic acids is 1. The third-order valence-electron chi connectivity index (χ3n) is 3.07. The Hall–Kier alpha value is -1.58. The lowest BCUT2D eigenvalue weighted by Crippen LogP contribution is -2.17. The van der Waals surface area contributed by atoms with Gasteiger partial charge < -0.3 is 9.84 Å². The molecule has 16 heavy (non-hydrogen) atoms. The number of hydrogen-bond donors (Lipinski definition) is 1. The lowest BCUT2D eigenvalue weighted by atomic mass is 9.96. The predicted octanol–water partition coefficient (Wildman–Crippen LogP) is 2.24. The third kappa shape index (κ3) is 1.87. The Bertz CT molecular complexity index is 424. The molecule has 1 N–H and O–H groups in total. The number of carbonyl (C=O) groups is 1. The molecule has 1 aliphatic carbocycles. The van der Waals surface area contributed by atoms with E-state index in [1.54, 1.807) is 12.1 Å². The average molecular weight is 224 g/mol. The van der Waals surface area contributed by atoms with Crippen molar-refractivity contribution in [3.05, 3.63) is 29.6 Å². The molecule has 0 amide bonds. The second-order valence-corrected chi connectivity index (χ2v) is 4.23. The molecule has 0 unspecified atom stereocenters. The number of carboxylic acids is 1. The van der Waals surface area contributed by atoms with E-state index >= 15 is 0 Å². The largest absolute Gasteiger partial charge is 0.494 e. The summed E-state index contributed by atoms with van der Waals surface area (Å²) in [5.74, 6) is -1.03. The molecule has 1 aromatic rings. The monoisotopic (exact) mass is 224 g/mol. The molecule has 0 aromatic heterocycles. The normalized spacial score (nSPS) is 16.9. The first-order valence-electron chi connectivity index (χ1n) is 5.13. The van der Waals surface area contributed by atoms with E-state index in [2.05, 4.69) is 0 Å². The fourth-order valence-corrected chi connectivity index (χ4v) is 1.82. The first kappa shape index (κ1) is 10.9. The number of ether oxygens (including phenoxy) is 1. The standard InChI is InChI=1S/C12H13FO3/c1-16-10-6-8(2-3-9(10)13)7-12(4-5-12)11(14)15/h2-3,6H,4-5,7H2,1H3,(H,14,15). The van der Waals surface area contributed by atoms with Gasteiger partial charge in [0.15, 0.2) is 11.6 Å². The van der Waals surface area contributed by atoms with Crippen LogP contribution < -0.4 is 4.74 Å². The van der Waals surface area contributed by atoms with Gasteiger partial charge in [0.1, 0.15) is 0 Å². The summed E-state index contributed by atoms with van der Waals surface area (Å²) in [5, 5.41) is 9.04. The molecule has 1 fully saturated rings. The van der Waals surface area contributed by atoms with Crippen LogP contribution in [0, 0.1) is 11.2 Å². The van der Waals surface area contributed by atoms with Crippen LogP contribution in [0.4, 0.5) is 4.39 Å². The molecule has 1 aromatic carbocycles. The van der Waals surface area contributed by atoms with Gasteiger partial charge in [-0.3, -0.25) is 4.79 Å².